The van der Waals surface area contributed by atoms with Crippen LogP contribution in [0.25, 0.3) is 0 Å². The maximum absolute atomic E-state index is 3.52. The topological polar surface area (TPSA) is 17.0 Å². The second-order valence-electron chi connectivity index (χ2n) is 4.67. The van der Waals surface area contributed by atoms with Crippen LogP contribution in [0.15, 0.2) is 42.5 Å². The van der Waals surface area contributed by atoms with Crippen LogP contribution in [0.3, 0.4) is 0 Å². The highest BCUT2D eigenvalue weighted by Crippen LogP contribution is 2.08. The Morgan fingerprint density at radius 1 is 1.00 bits per heavy atom. The molecular weight excluding hydrogens is 208 g/mol. The van der Waals surface area contributed by atoms with Crippen LogP contribution < -0.4 is 5.43 Å². The summed E-state index contributed by atoms with van der Waals surface area (Å²) < 4.78 is 2.16. The van der Waals surface area contributed by atoms with Crippen LogP contribution in [0.4, 0.5) is 0 Å². The highest BCUT2D eigenvalue weighted by molar-refractivity contribution is 5.19. The van der Waals surface area contributed by atoms with Crippen LogP contribution in [-0.2, 0) is 6.42 Å². The van der Waals surface area contributed by atoms with Crippen LogP contribution in [0, 0.1) is 13.8 Å². The maximum atomic E-state index is 3.52. The molecule has 2 nitrogen and oxygen atoms in total. The molecular formula is C15H20N2. The lowest BCUT2D eigenvalue weighted by Crippen LogP contribution is -2.28. The summed E-state index contributed by atoms with van der Waals surface area (Å²) in [6.07, 6.45) is 1.04. The number of hydrogen-bond acceptors (Lipinski definition) is 1. The molecule has 0 saturated carbocycles. The summed E-state index contributed by atoms with van der Waals surface area (Å²) >= 11 is 0. The third-order valence-corrected chi connectivity index (χ3v) is 3.01. The fourth-order valence-corrected chi connectivity index (χ4v) is 2.11. The van der Waals surface area contributed by atoms with Crippen LogP contribution in [-0.4, -0.2) is 10.7 Å². The second-order valence-corrected chi connectivity index (χ2v) is 4.67. The molecule has 90 valence electrons. The first-order valence-corrected chi connectivity index (χ1v) is 6.12. The molecule has 0 fully saturated rings. The van der Waals surface area contributed by atoms with E-state index in [1.165, 1.54) is 17.0 Å². The Bertz CT molecular complexity index is 451. The largest absolute Gasteiger partial charge is 0.323 e. The summed E-state index contributed by atoms with van der Waals surface area (Å²) in [7, 11) is 0. The Labute approximate surface area is 103 Å². The number of aryl methyl sites for hydroxylation is 2. The van der Waals surface area contributed by atoms with Crippen molar-refractivity contribution in [3.05, 3.63) is 59.4 Å². The molecule has 1 aromatic carbocycles. The van der Waals surface area contributed by atoms with Gasteiger partial charge in [-0.2, -0.15) is 0 Å². The van der Waals surface area contributed by atoms with Crippen molar-refractivity contribution in [1.82, 2.24) is 4.68 Å². The van der Waals surface area contributed by atoms with Crippen molar-refractivity contribution in [2.45, 2.75) is 33.2 Å². The van der Waals surface area contributed by atoms with Crippen LogP contribution in [0.1, 0.15) is 23.9 Å². The molecule has 0 amide bonds. The van der Waals surface area contributed by atoms with E-state index in [1.807, 2.05) is 0 Å². The number of aromatic nitrogens is 1. The van der Waals surface area contributed by atoms with Gasteiger partial charge >= 0.3 is 0 Å². The first-order chi connectivity index (χ1) is 8.16. The molecule has 0 aliphatic rings. The molecule has 0 aliphatic heterocycles. The average Bonchev–Trinajstić information content (AvgIpc) is 2.62. The normalized spacial score (nSPS) is 12.4. The van der Waals surface area contributed by atoms with Gasteiger partial charge in [0.25, 0.3) is 0 Å². The van der Waals surface area contributed by atoms with E-state index in [0.717, 1.165) is 6.42 Å². The smallest absolute Gasteiger partial charge is 0.0436 e. The van der Waals surface area contributed by atoms with Crippen molar-refractivity contribution < 1.29 is 0 Å². The summed E-state index contributed by atoms with van der Waals surface area (Å²) in [5.41, 5.74) is 7.40. The Morgan fingerprint density at radius 2 is 1.59 bits per heavy atom. The zero-order valence-electron chi connectivity index (χ0n) is 10.8. The minimum atomic E-state index is 0.419. The van der Waals surface area contributed by atoms with Gasteiger partial charge in [0.2, 0.25) is 0 Å². The van der Waals surface area contributed by atoms with Gasteiger partial charge < -0.3 is 5.43 Å². The molecule has 0 radical (unpaired) electrons. The Kier molecular flexibility index (Phi) is 3.52. The summed E-state index contributed by atoms with van der Waals surface area (Å²) in [5.74, 6) is 0. The van der Waals surface area contributed by atoms with E-state index in [-0.39, 0.29) is 0 Å². The fraction of sp³-hybridized carbons (Fsp3) is 0.333. The Hall–Kier alpha value is -1.70. The number of nitrogens with one attached hydrogen (secondary N) is 1. The number of nitrogens with zero attached hydrogens (tertiary/aromatic N) is 1. The first-order valence-electron chi connectivity index (χ1n) is 6.12. The highest BCUT2D eigenvalue weighted by atomic mass is 15.4. The lowest BCUT2D eigenvalue weighted by atomic mass is 10.1. The van der Waals surface area contributed by atoms with Crippen molar-refractivity contribution in [1.29, 1.82) is 0 Å². The van der Waals surface area contributed by atoms with Crippen molar-refractivity contribution >= 4 is 0 Å². The summed E-state index contributed by atoms with van der Waals surface area (Å²) in [5, 5.41) is 0. The molecule has 0 aliphatic carbocycles. The summed E-state index contributed by atoms with van der Waals surface area (Å²) in [6.45, 7) is 6.45. The third kappa shape index (κ3) is 2.90. The van der Waals surface area contributed by atoms with E-state index in [9.17, 15) is 0 Å². The minimum Gasteiger partial charge on any atom is -0.323 e. The fourth-order valence-electron chi connectivity index (χ4n) is 2.11. The van der Waals surface area contributed by atoms with E-state index >= 15 is 0 Å². The molecule has 0 saturated heterocycles. The van der Waals surface area contributed by atoms with Gasteiger partial charge in [-0.05, 0) is 44.9 Å². The standard InChI is InChI=1S/C15H20N2/c1-12(11-15-7-5-4-6-8-15)16-17-13(2)9-10-14(17)3/h4-10,12,16H,11H2,1-3H3. The lowest BCUT2D eigenvalue weighted by molar-refractivity contribution is 0.662. The maximum Gasteiger partial charge on any atom is 0.0436 e. The number of hydrogen-bond donors (Lipinski definition) is 1. The Balaban J connectivity index is 2.01. The zero-order valence-corrected chi connectivity index (χ0v) is 10.8. The van der Waals surface area contributed by atoms with Gasteiger partial charge in [-0.15, -0.1) is 0 Å². The average molecular weight is 228 g/mol. The third-order valence-electron chi connectivity index (χ3n) is 3.01. The van der Waals surface area contributed by atoms with Gasteiger partial charge in [0, 0.05) is 17.4 Å². The molecule has 1 N–H and O–H groups in total. The van der Waals surface area contributed by atoms with Crippen LogP contribution in [0.5, 0.6) is 0 Å². The van der Waals surface area contributed by atoms with Crippen molar-refractivity contribution in [3.8, 4) is 0 Å². The van der Waals surface area contributed by atoms with E-state index < -0.39 is 0 Å². The van der Waals surface area contributed by atoms with Gasteiger partial charge in [-0.25, -0.2) is 0 Å². The van der Waals surface area contributed by atoms with E-state index in [1.54, 1.807) is 0 Å². The predicted molar refractivity (Wildman–Crippen MR) is 72.9 cm³/mol. The Morgan fingerprint density at radius 3 is 2.18 bits per heavy atom. The molecule has 1 aromatic heterocycles. The molecule has 1 unspecified atom stereocenters. The predicted octanol–water partition coefficient (Wildman–Crippen LogP) is 3.28. The molecule has 17 heavy (non-hydrogen) atoms. The summed E-state index contributed by atoms with van der Waals surface area (Å²) in [4.78, 5) is 0. The van der Waals surface area contributed by atoms with Crippen LogP contribution in [0.2, 0.25) is 0 Å². The molecule has 1 atom stereocenters. The molecule has 2 heteroatoms. The van der Waals surface area contributed by atoms with Gasteiger partial charge in [-0.3, -0.25) is 4.68 Å². The van der Waals surface area contributed by atoms with E-state index in [0.29, 0.717) is 6.04 Å². The first kappa shape index (κ1) is 11.8. The van der Waals surface area contributed by atoms with Gasteiger partial charge in [0.15, 0.2) is 0 Å². The summed E-state index contributed by atoms with van der Waals surface area (Å²) in [6, 6.07) is 15.3. The van der Waals surface area contributed by atoms with Crippen molar-refractivity contribution in [2.75, 3.05) is 5.43 Å². The van der Waals surface area contributed by atoms with Gasteiger partial charge in [-0.1, -0.05) is 30.3 Å². The number of rotatable bonds is 4. The molecule has 2 rings (SSSR count). The molecule has 1 heterocycles. The SMILES string of the molecule is Cc1ccc(C)n1NC(C)Cc1ccccc1. The zero-order chi connectivity index (χ0) is 12.3. The minimum absolute atomic E-state index is 0.419. The van der Waals surface area contributed by atoms with Crippen LogP contribution >= 0.6 is 0 Å². The molecule has 0 bridgehead atoms. The van der Waals surface area contributed by atoms with Gasteiger partial charge in [0.1, 0.15) is 0 Å². The quantitative estimate of drug-likeness (QED) is 0.849. The highest BCUT2D eigenvalue weighted by Gasteiger charge is 2.06. The van der Waals surface area contributed by atoms with Crippen molar-refractivity contribution in [2.24, 2.45) is 0 Å². The van der Waals surface area contributed by atoms with E-state index in [2.05, 4.69) is 73.3 Å². The van der Waals surface area contributed by atoms with Gasteiger partial charge in [0.05, 0.1) is 0 Å². The monoisotopic (exact) mass is 228 g/mol. The number of benzene rings is 1. The van der Waals surface area contributed by atoms with E-state index in [4.69, 9.17) is 0 Å². The van der Waals surface area contributed by atoms with Crippen molar-refractivity contribution in [3.63, 3.8) is 0 Å². The molecule has 2 aromatic rings. The second kappa shape index (κ2) is 5.09. The lowest BCUT2D eigenvalue weighted by Gasteiger charge is -2.19. The molecule has 0 spiro atoms.